The number of hydrogen-bond acceptors (Lipinski definition) is 1. The van der Waals surface area contributed by atoms with Gasteiger partial charge in [0, 0.05) is 16.6 Å². The number of nitrogens with zero attached hydrogens (tertiary/aromatic N) is 1. The Morgan fingerprint density at radius 2 is 1.36 bits per heavy atom. The molecular weight excluding hydrogens is 306 g/mol. The van der Waals surface area contributed by atoms with Crippen LogP contribution in [0, 0.1) is 0 Å². The molecule has 3 heterocycles. The van der Waals surface area contributed by atoms with Crippen LogP contribution in [0.15, 0.2) is 91.0 Å². The van der Waals surface area contributed by atoms with E-state index in [9.17, 15) is 4.79 Å². The Morgan fingerprint density at radius 3 is 2.12 bits per heavy atom. The number of ketones is 1. The van der Waals surface area contributed by atoms with Crippen LogP contribution in [0.5, 0.6) is 0 Å². The molecule has 0 aliphatic rings. The summed E-state index contributed by atoms with van der Waals surface area (Å²) in [7, 11) is 0. The van der Waals surface area contributed by atoms with Crippen molar-refractivity contribution < 1.29 is 4.79 Å². The molecule has 0 radical (unpaired) electrons. The first kappa shape index (κ1) is 14.0. The standard InChI is InChI=1S/C23H15NO/c25-23(17-10-5-2-6-11-17)22-19-13-7-12-18-14-15-20(24(18)19)21(22)16-8-3-1-4-9-16/h1-15H. The Hall–Kier alpha value is -3.39. The third-order valence-electron chi connectivity index (χ3n) is 4.76. The highest BCUT2D eigenvalue weighted by Crippen LogP contribution is 2.37. The van der Waals surface area contributed by atoms with E-state index in [1.165, 1.54) is 0 Å². The molecule has 2 nitrogen and oxygen atoms in total. The van der Waals surface area contributed by atoms with Gasteiger partial charge >= 0.3 is 0 Å². The average Bonchev–Trinajstić information content (AvgIpc) is 3.25. The zero-order valence-corrected chi connectivity index (χ0v) is 13.5. The summed E-state index contributed by atoms with van der Waals surface area (Å²) in [6, 6.07) is 30.0. The third kappa shape index (κ3) is 2.01. The van der Waals surface area contributed by atoms with Gasteiger partial charge in [-0.05, 0) is 29.8 Å². The van der Waals surface area contributed by atoms with E-state index in [1.54, 1.807) is 0 Å². The molecule has 0 aliphatic carbocycles. The molecule has 0 saturated carbocycles. The molecule has 0 fully saturated rings. The summed E-state index contributed by atoms with van der Waals surface area (Å²) in [5, 5.41) is 0. The second-order valence-corrected chi connectivity index (χ2v) is 6.20. The summed E-state index contributed by atoms with van der Waals surface area (Å²) >= 11 is 0. The second kappa shape index (κ2) is 5.32. The van der Waals surface area contributed by atoms with Crippen molar-refractivity contribution >= 4 is 22.3 Å². The normalized spacial score (nSPS) is 11.4. The van der Waals surface area contributed by atoms with Gasteiger partial charge in [0.2, 0.25) is 0 Å². The van der Waals surface area contributed by atoms with Crippen molar-refractivity contribution in [2.24, 2.45) is 0 Å². The van der Waals surface area contributed by atoms with Gasteiger partial charge in [-0.2, -0.15) is 0 Å². The molecular formula is C23H15NO. The van der Waals surface area contributed by atoms with Crippen LogP contribution in [-0.4, -0.2) is 10.2 Å². The van der Waals surface area contributed by atoms with Crippen molar-refractivity contribution in [3.05, 3.63) is 102 Å². The average molecular weight is 321 g/mol. The first-order valence-corrected chi connectivity index (χ1v) is 8.35. The highest BCUT2D eigenvalue weighted by Gasteiger charge is 2.24. The van der Waals surface area contributed by atoms with Crippen molar-refractivity contribution in [3.63, 3.8) is 0 Å². The van der Waals surface area contributed by atoms with E-state index >= 15 is 0 Å². The number of aromatic nitrogens is 1. The minimum atomic E-state index is 0.0654. The van der Waals surface area contributed by atoms with E-state index in [2.05, 4.69) is 34.7 Å². The molecule has 5 rings (SSSR count). The Kier molecular flexibility index (Phi) is 2.98. The quantitative estimate of drug-likeness (QED) is 0.406. The molecule has 0 N–H and O–H groups in total. The lowest BCUT2D eigenvalue weighted by Crippen LogP contribution is -2.02. The van der Waals surface area contributed by atoms with Crippen LogP contribution in [0.3, 0.4) is 0 Å². The fourth-order valence-electron chi connectivity index (χ4n) is 3.67. The van der Waals surface area contributed by atoms with Gasteiger partial charge in [-0.15, -0.1) is 0 Å². The Morgan fingerprint density at radius 1 is 0.640 bits per heavy atom. The molecule has 25 heavy (non-hydrogen) atoms. The van der Waals surface area contributed by atoms with E-state index in [1.807, 2.05) is 60.7 Å². The lowest BCUT2D eigenvalue weighted by atomic mass is 9.95. The van der Waals surface area contributed by atoms with Crippen LogP contribution >= 0.6 is 0 Å². The van der Waals surface area contributed by atoms with Gasteiger partial charge in [-0.25, -0.2) is 0 Å². The molecule has 0 spiro atoms. The minimum absolute atomic E-state index is 0.0654. The van der Waals surface area contributed by atoms with E-state index in [0.717, 1.165) is 33.2 Å². The van der Waals surface area contributed by atoms with Gasteiger partial charge in [-0.1, -0.05) is 66.7 Å². The maximum atomic E-state index is 13.4. The Bertz CT molecular complexity index is 1190. The van der Waals surface area contributed by atoms with Crippen LogP contribution in [0.4, 0.5) is 0 Å². The summed E-state index contributed by atoms with van der Waals surface area (Å²) < 4.78 is 2.18. The Balaban J connectivity index is 1.90. The maximum Gasteiger partial charge on any atom is 0.195 e. The zero-order valence-electron chi connectivity index (χ0n) is 13.5. The van der Waals surface area contributed by atoms with Crippen molar-refractivity contribution in [1.82, 2.24) is 4.40 Å². The van der Waals surface area contributed by atoms with Crippen molar-refractivity contribution in [2.75, 3.05) is 0 Å². The van der Waals surface area contributed by atoms with Gasteiger partial charge in [0.05, 0.1) is 16.6 Å². The fourth-order valence-corrected chi connectivity index (χ4v) is 3.67. The highest BCUT2D eigenvalue weighted by molar-refractivity contribution is 6.20. The molecule has 2 heteroatoms. The SMILES string of the molecule is O=C(c1ccccc1)c1c(-c2ccccc2)c2ccc3cccc1n32. The number of carbonyl (C=O) groups excluding carboxylic acids is 1. The van der Waals surface area contributed by atoms with E-state index in [4.69, 9.17) is 0 Å². The summed E-state index contributed by atoms with van der Waals surface area (Å²) in [6.07, 6.45) is 0. The minimum Gasteiger partial charge on any atom is -0.309 e. The van der Waals surface area contributed by atoms with Crippen molar-refractivity contribution in [1.29, 1.82) is 0 Å². The first-order valence-electron chi connectivity index (χ1n) is 8.35. The fraction of sp³-hybridized carbons (Fsp3) is 0. The van der Waals surface area contributed by atoms with Gasteiger partial charge < -0.3 is 4.40 Å². The molecule has 118 valence electrons. The summed E-state index contributed by atoms with van der Waals surface area (Å²) in [5.41, 5.74) is 6.72. The molecule has 0 unspecified atom stereocenters. The van der Waals surface area contributed by atoms with Crippen LogP contribution in [0.25, 0.3) is 27.7 Å². The van der Waals surface area contributed by atoms with E-state index in [0.29, 0.717) is 5.56 Å². The second-order valence-electron chi connectivity index (χ2n) is 6.20. The smallest absolute Gasteiger partial charge is 0.195 e. The predicted octanol–water partition coefficient (Wildman–Crippen LogP) is 5.43. The molecule has 5 aromatic rings. The monoisotopic (exact) mass is 321 g/mol. The predicted molar refractivity (Wildman–Crippen MR) is 101 cm³/mol. The van der Waals surface area contributed by atoms with Crippen LogP contribution in [-0.2, 0) is 0 Å². The molecule has 0 bridgehead atoms. The molecule has 0 saturated heterocycles. The van der Waals surface area contributed by atoms with Gasteiger partial charge in [-0.3, -0.25) is 4.79 Å². The van der Waals surface area contributed by atoms with E-state index < -0.39 is 0 Å². The van der Waals surface area contributed by atoms with Crippen LogP contribution in [0.2, 0.25) is 0 Å². The molecule has 3 aromatic heterocycles. The van der Waals surface area contributed by atoms with E-state index in [-0.39, 0.29) is 5.78 Å². The zero-order chi connectivity index (χ0) is 16.8. The number of pyridine rings is 1. The lowest BCUT2D eigenvalue weighted by Gasteiger charge is -2.06. The summed E-state index contributed by atoms with van der Waals surface area (Å²) in [6.45, 7) is 0. The number of hydrogen-bond donors (Lipinski definition) is 0. The van der Waals surface area contributed by atoms with Gasteiger partial charge in [0.15, 0.2) is 5.78 Å². The maximum absolute atomic E-state index is 13.4. The highest BCUT2D eigenvalue weighted by atomic mass is 16.1. The first-order chi connectivity index (χ1) is 12.3. The van der Waals surface area contributed by atoms with Crippen molar-refractivity contribution in [3.8, 4) is 11.1 Å². The topological polar surface area (TPSA) is 21.5 Å². The van der Waals surface area contributed by atoms with Crippen LogP contribution < -0.4 is 0 Å². The largest absolute Gasteiger partial charge is 0.309 e. The number of benzene rings is 2. The Labute approximate surface area is 145 Å². The summed E-state index contributed by atoms with van der Waals surface area (Å²) in [5.74, 6) is 0.0654. The molecule has 2 aromatic carbocycles. The molecule has 0 aliphatic heterocycles. The summed E-state index contributed by atoms with van der Waals surface area (Å²) in [4.78, 5) is 13.4. The third-order valence-corrected chi connectivity index (χ3v) is 4.76. The van der Waals surface area contributed by atoms with Gasteiger partial charge in [0.1, 0.15) is 0 Å². The van der Waals surface area contributed by atoms with Crippen LogP contribution in [0.1, 0.15) is 15.9 Å². The molecule has 0 atom stereocenters. The number of rotatable bonds is 3. The molecule has 0 amide bonds. The van der Waals surface area contributed by atoms with Gasteiger partial charge in [0.25, 0.3) is 0 Å². The van der Waals surface area contributed by atoms with Crippen molar-refractivity contribution in [2.45, 2.75) is 0 Å². The number of carbonyl (C=O) groups is 1. The lowest BCUT2D eigenvalue weighted by molar-refractivity contribution is 0.104.